The van der Waals surface area contributed by atoms with Crippen LogP contribution in [0.2, 0.25) is 0 Å². The first-order valence-electron chi connectivity index (χ1n) is 7.86. The number of hydrogen-bond donors (Lipinski definition) is 1. The van der Waals surface area contributed by atoms with Gasteiger partial charge in [-0.1, -0.05) is 36.4 Å². The van der Waals surface area contributed by atoms with Crippen molar-refractivity contribution in [3.8, 4) is 0 Å². The minimum atomic E-state index is 0.611. The summed E-state index contributed by atoms with van der Waals surface area (Å²) in [6.45, 7) is 1.69. The van der Waals surface area contributed by atoms with E-state index in [1.54, 1.807) is 11.1 Å². The summed E-state index contributed by atoms with van der Waals surface area (Å²) in [5.41, 5.74) is 11.2. The van der Waals surface area contributed by atoms with Gasteiger partial charge in [0.2, 0.25) is 0 Å². The van der Waals surface area contributed by atoms with Crippen LogP contribution < -0.4 is 10.6 Å². The predicted octanol–water partition coefficient (Wildman–Crippen LogP) is 3.70. The summed E-state index contributed by atoms with van der Waals surface area (Å²) < 4.78 is 0. The fraction of sp³-hybridized carbons (Fsp3) is 0.368. The van der Waals surface area contributed by atoms with Crippen LogP contribution in [0.4, 0.5) is 5.69 Å². The Bertz CT molecular complexity index is 589. The number of nitrogens with two attached hydrogens (primary N) is 1. The highest BCUT2D eigenvalue weighted by Gasteiger charge is 2.21. The molecule has 0 radical (unpaired) electrons. The highest BCUT2D eigenvalue weighted by molar-refractivity contribution is 5.48. The number of nitrogens with zero attached hydrogens (tertiary/aromatic N) is 1. The van der Waals surface area contributed by atoms with Crippen LogP contribution in [0.1, 0.15) is 35.4 Å². The highest BCUT2D eigenvalue weighted by atomic mass is 15.1. The van der Waals surface area contributed by atoms with Gasteiger partial charge in [0, 0.05) is 31.7 Å². The Morgan fingerprint density at radius 3 is 2.62 bits per heavy atom. The number of fused-ring (bicyclic) bond motifs is 1. The molecule has 21 heavy (non-hydrogen) atoms. The van der Waals surface area contributed by atoms with E-state index in [2.05, 4.69) is 60.5 Å². The van der Waals surface area contributed by atoms with Gasteiger partial charge in [-0.15, -0.1) is 0 Å². The molecule has 110 valence electrons. The lowest BCUT2D eigenvalue weighted by Gasteiger charge is -2.30. The van der Waals surface area contributed by atoms with Gasteiger partial charge in [0.15, 0.2) is 0 Å². The number of likely N-dealkylation sites (N-methyl/N-ethyl adjacent to an activating group) is 1. The molecule has 0 heterocycles. The van der Waals surface area contributed by atoms with E-state index in [0.29, 0.717) is 12.5 Å². The molecule has 1 aliphatic carbocycles. The lowest BCUT2D eigenvalue weighted by Crippen LogP contribution is -2.26. The van der Waals surface area contributed by atoms with Crippen molar-refractivity contribution in [2.24, 2.45) is 5.73 Å². The Balaban J connectivity index is 1.74. The standard InChI is InChI=1S/C19H24N2/c1-21(18-11-9-15(13-20)10-12-18)14-17-7-4-6-16-5-2-3-8-19(16)17/h2-3,5,8-12,17H,4,6-7,13-14,20H2,1H3. The quantitative estimate of drug-likeness (QED) is 0.925. The molecule has 0 bridgehead atoms. The molecule has 1 unspecified atom stereocenters. The minimum Gasteiger partial charge on any atom is -0.374 e. The predicted molar refractivity (Wildman–Crippen MR) is 89.7 cm³/mol. The van der Waals surface area contributed by atoms with Crippen molar-refractivity contribution in [3.63, 3.8) is 0 Å². The average molecular weight is 280 g/mol. The van der Waals surface area contributed by atoms with Gasteiger partial charge in [-0.3, -0.25) is 0 Å². The molecule has 0 fully saturated rings. The number of benzene rings is 2. The van der Waals surface area contributed by atoms with Crippen molar-refractivity contribution in [2.45, 2.75) is 31.7 Å². The molecule has 0 spiro atoms. The Labute approximate surface area is 127 Å². The van der Waals surface area contributed by atoms with Crippen LogP contribution in [0, 0.1) is 0 Å². The normalized spacial score (nSPS) is 17.3. The molecule has 2 aromatic rings. The molecule has 0 aliphatic heterocycles. The van der Waals surface area contributed by atoms with Crippen molar-refractivity contribution < 1.29 is 0 Å². The molecule has 0 aromatic heterocycles. The average Bonchev–Trinajstić information content (AvgIpc) is 2.55. The molecule has 0 amide bonds. The topological polar surface area (TPSA) is 29.3 Å². The van der Waals surface area contributed by atoms with Crippen LogP contribution in [-0.4, -0.2) is 13.6 Å². The Hall–Kier alpha value is -1.80. The summed E-state index contributed by atoms with van der Waals surface area (Å²) >= 11 is 0. The SMILES string of the molecule is CN(CC1CCCc2ccccc21)c1ccc(CN)cc1. The van der Waals surface area contributed by atoms with Crippen LogP contribution >= 0.6 is 0 Å². The van der Waals surface area contributed by atoms with Crippen molar-refractivity contribution in [2.75, 3.05) is 18.5 Å². The van der Waals surface area contributed by atoms with E-state index in [0.717, 1.165) is 6.54 Å². The maximum atomic E-state index is 5.66. The Morgan fingerprint density at radius 2 is 1.86 bits per heavy atom. The third kappa shape index (κ3) is 3.11. The summed E-state index contributed by atoms with van der Waals surface area (Å²) in [5, 5.41) is 0. The first-order chi connectivity index (χ1) is 10.3. The van der Waals surface area contributed by atoms with Gasteiger partial charge in [0.25, 0.3) is 0 Å². The summed E-state index contributed by atoms with van der Waals surface area (Å²) in [5.74, 6) is 0.647. The lowest BCUT2D eigenvalue weighted by atomic mass is 9.82. The monoisotopic (exact) mass is 280 g/mol. The van der Waals surface area contributed by atoms with Crippen LogP contribution in [-0.2, 0) is 13.0 Å². The molecular weight excluding hydrogens is 256 g/mol. The fourth-order valence-corrected chi connectivity index (χ4v) is 3.37. The third-order valence-corrected chi connectivity index (χ3v) is 4.60. The summed E-state index contributed by atoms with van der Waals surface area (Å²) in [4.78, 5) is 2.37. The minimum absolute atomic E-state index is 0.611. The van der Waals surface area contributed by atoms with Gasteiger partial charge in [-0.05, 0) is 48.1 Å². The zero-order valence-corrected chi connectivity index (χ0v) is 12.8. The second-order valence-electron chi connectivity index (χ2n) is 6.04. The summed E-state index contributed by atoms with van der Waals surface area (Å²) in [7, 11) is 2.19. The van der Waals surface area contributed by atoms with Crippen LogP contribution in [0.3, 0.4) is 0 Å². The number of rotatable bonds is 4. The van der Waals surface area contributed by atoms with Crippen molar-refractivity contribution in [1.29, 1.82) is 0 Å². The third-order valence-electron chi connectivity index (χ3n) is 4.60. The second kappa shape index (κ2) is 6.31. The van der Waals surface area contributed by atoms with Crippen LogP contribution in [0.15, 0.2) is 48.5 Å². The molecule has 2 N–H and O–H groups in total. The fourth-order valence-electron chi connectivity index (χ4n) is 3.37. The second-order valence-corrected chi connectivity index (χ2v) is 6.04. The molecule has 0 saturated carbocycles. The summed E-state index contributed by atoms with van der Waals surface area (Å²) in [6, 6.07) is 17.5. The number of hydrogen-bond acceptors (Lipinski definition) is 2. The van der Waals surface area contributed by atoms with E-state index in [9.17, 15) is 0 Å². The molecular formula is C19H24N2. The van der Waals surface area contributed by atoms with Gasteiger partial charge in [0.05, 0.1) is 0 Å². The molecule has 1 atom stereocenters. The van der Waals surface area contributed by atoms with Gasteiger partial charge in [0.1, 0.15) is 0 Å². The maximum absolute atomic E-state index is 5.66. The molecule has 2 heteroatoms. The molecule has 2 nitrogen and oxygen atoms in total. The smallest absolute Gasteiger partial charge is 0.0364 e. The van der Waals surface area contributed by atoms with Crippen LogP contribution in [0.25, 0.3) is 0 Å². The van der Waals surface area contributed by atoms with E-state index in [-0.39, 0.29) is 0 Å². The van der Waals surface area contributed by atoms with Gasteiger partial charge in [-0.25, -0.2) is 0 Å². The lowest BCUT2D eigenvalue weighted by molar-refractivity contribution is 0.551. The Kier molecular flexibility index (Phi) is 4.26. The van der Waals surface area contributed by atoms with Crippen LogP contribution in [0.5, 0.6) is 0 Å². The maximum Gasteiger partial charge on any atom is 0.0364 e. The number of anilines is 1. The van der Waals surface area contributed by atoms with E-state index in [1.165, 1.54) is 30.5 Å². The highest BCUT2D eigenvalue weighted by Crippen LogP contribution is 2.32. The summed E-state index contributed by atoms with van der Waals surface area (Å²) in [6.07, 6.45) is 3.84. The van der Waals surface area contributed by atoms with Crippen molar-refractivity contribution >= 4 is 5.69 Å². The van der Waals surface area contributed by atoms with Crippen molar-refractivity contribution in [3.05, 3.63) is 65.2 Å². The molecule has 0 saturated heterocycles. The van der Waals surface area contributed by atoms with Gasteiger partial charge < -0.3 is 10.6 Å². The van der Waals surface area contributed by atoms with E-state index >= 15 is 0 Å². The van der Waals surface area contributed by atoms with Gasteiger partial charge >= 0.3 is 0 Å². The zero-order valence-electron chi connectivity index (χ0n) is 12.8. The first kappa shape index (κ1) is 14.2. The first-order valence-corrected chi connectivity index (χ1v) is 7.86. The van der Waals surface area contributed by atoms with E-state index in [1.807, 2.05) is 0 Å². The molecule has 1 aliphatic rings. The van der Waals surface area contributed by atoms with E-state index < -0.39 is 0 Å². The molecule has 3 rings (SSSR count). The molecule has 2 aromatic carbocycles. The Morgan fingerprint density at radius 1 is 1.10 bits per heavy atom. The van der Waals surface area contributed by atoms with E-state index in [4.69, 9.17) is 5.73 Å². The largest absolute Gasteiger partial charge is 0.374 e. The zero-order chi connectivity index (χ0) is 14.7. The van der Waals surface area contributed by atoms with Gasteiger partial charge in [-0.2, -0.15) is 0 Å². The number of aryl methyl sites for hydroxylation is 1. The van der Waals surface area contributed by atoms with Crippen molar-refractivity contribution in [1.82, 2.24) is 0 Å².